The minimum absolute atomic E-state index is 0.204. The molecule has 0 N–H and O–H groups in total. The maximum absolute atomic E-state index is 12.7. The van der Waals surface area contributed by atoms with Crippen molar-refractivity contribution < 1.29 is 16.8 Å². The molecule has 0 bridgehead atoms. The van der Waals surface area contributed by atoms with Gasteiger partial charge in [0.05, 0.1) is 21.2 Å². The van der Waals surface area contributed by atoms with Gasteiger partial charge in [0, 0.05) is 99.8 Å². The first-order valence-corrected chi connectivity index (χ1v) is 25.5. The quantitative estimate of drug-likeness (QED) is 0.134. The molecule has 18 heteroatoms. The second-order valence-electron chi connectivity index (χ2n) is 17.0. The molecule has 16 nitrogen and oxygen atoms in total. The maximum atomic E-state index is 12.7. The zero-order valence-corrected chi connectivity index (χ0v) is 38.8. The van der Waals surface area contributed by atoms with Gasteiger partial charge in [0.25, 0.3) is 11.9 Å². The van der Waals surface area contributed by atoms with Crippen molar-refractivity contribution in [2.24, 2.45) is 0 Å². The molecule has 0 radical (unpaired) electrons. The summed E-state index contributed by atoms with van der Waals surface area (Å²) in [4.78, 5) is 20.3. The van der Waals surface area contributed by atoms with Crippen LogP contribution in [0.25, 0.3) is 33.5 Å². The third kappa shape index (κ3) is 8.55. The van der Waals surface area contributed by atoms with Gasteiger partial charge in [-0.05, 0) is 122 Å². The molecule has 2 aliphatic heterocycles. The standard InChI is InChI=1S/C48H50N12O4S2/c1-53-25-29-55(30-26-53)37-15-19-39(20-16-37)59(47-49-45-43(13-7-23-57(45)51-47)35-9-5-11-41(33-35)65(3,61)62)60(40-21-17-38(18-22-40)56-31-27-54(2)28-32-56)48-50-46-44(14-8-24-58(46)52-48)36-10-6-12-42(34-36)66(4,63)64/h5-24,33-34H,25-32H2,1-4H3. The Labute approximate surface area is 384 Å². The first-order chi connectivity index (χ1) is 31.8. The number of sulfone groups is 2. The maximum Gasteiger partial charge on any atom is 0.269 e. The molecule has 2 fully saturated rings. The molecule has 0 saturated carbocycles. The minimum atomic E-state index is -3.48. The molecule has 0 amide bonds. The van der Waals surface area contributed by atoms with E-state index in [1.54, 1.807) is 45.4 Å². The molecule has 66 heavy (non-hydrogen) atoms. The first-order valence-electron chi connectivity index (χ1n) is 21.8. The summed E-state index contributed by atoms with van der Waals surface area (Å²) in [5.41, 5.74) is 7.42. The van der Waals surface area contributed by atoms with Gasteiger partial charge in [0.15, 0.2) is 31.0 Å². The van der Waals surface area contributed by atoms with Crippen LogP contribution in [0.5, 0.6) is 0 Å². The summed E-state index contributed by atoms with van der Waals surface area (Å²) in [5, 5.41) is 14.0. The Morgan fingerprint density at radius 3 is 1.21 bits per heavy atom. The Balaban J connectivity index is 1.17. The number of rotatable bonds is 11. The Morgan fingerprint density at radius 1 is 0.470 bits per heavy atom. The molecule has 6 heterocycles. The van der Waals surface area contributed by atoms with Crippen LogP contribution in [0.15, 0.2) is 144 Å². The zero-order chi connectivity index (χ0) is 45.7. The molecule has 338 valence electrons. The van der Waals surface area contributed by atoms with Crippen LogP contribution in [-0.2, 0) is 19.7 Å². The number of anilines is 6. The largest absolute Gasteiger partial charge is 0.369 e. The molecule has 0 aliphatic carbocycles. The van der Waals surface area contributed by atoms with Crippen molar-refractivity contribution in [1.29, 1.82) is 0 Å². The van der Waals surface area contributed by atoms with E-state index in [0.29, 0.717) is 45.4 Å². The number of piperazine rings is 2. The van der Waals surface area contributed by atoms with E-state index < -0.39 is 19.7 Å². The Bertz CT molecular complexity index is 3070. The molecule has 4 aromatic heterocycles. The van der Waals surface area contributed by atoms with E-state index >= 15 is 0 Å². The fourth-order valence-corrected chi connectivity index (χ4v) is 9.92. The van der Waals surface area contributed by atoms with E-state index in [0.717, 1.165) is 75.1 Å². The molecular formula is C48H50N12O4S2. The van der Waals surface area contributed by atoms with Crippen molar-refractivity contribution in [2.75, 3.05) is 98.8 Å². The Morgan fingerprint density at radius 2 is 0.848 bits per heavy atom. The number of hydrogen-bond donors (Lipinski definition) is 0. The highest BCUT2D eigenvalue weighted by Gasteiger charge is 2.30. The normalized spacial score (nSPS) is 15.5. The number of hydrogen-bond acceptors (Lipinski definition) is 14. The fraction of sp³-hybridized carbons (Fsp3) is 0.250. The molecule has 2 aliphatic rings. The van der Waals surface area contributed by atoms with E-state index in [1.807, 2.05) is 58.8 Å². The van der Waals surface area contributed by atoms with Crippen molar-refractivity contribution in [3.63, 3.8) is 0 Å². The van der Waals surface area contributed by atoms with Gasteiger partial charge in [-0.3, -0.25) is 0 Å². The van der Waals surface area contributed by atoms with Gasteiger partial charge in [0.1, 0.15) is 0 Å². The monoisotopic (exact) mass is 922 g/mol. The Hall–Kier alpha value is -6.86. The van der Waals surface area contributed by atoms with Crippen LogP contribution in [0.1, 0.15) is 0 Å². The van der Waals surface area contributed by atoms with Crippen molar-refractivity contribution >= 4 is 65.6 Å². The van der Waals surface area contributed by atoms with E-state index in [4.69, 9.17) is 20.2 Å². The SMILES string of the molecule is CN1CCN(c2ccc(N(c3nc4c(-c5cccc(S(C)(=O)=O)c5)cccn4n3)N(c3ccc(N4CCN(C)CC4)cc3)c3nc4c(-c5cccc(S(C)(=O)=O)c5)cccn4n3)cc2)CC1. The van der Waals surface area contributed by atoms with Gasteiger partial charge in [-0.15, -0.1) is 10.2 Å². The minimum Gasteiger partial charge on any atom is -0.369 e. The lowest BCUT2D eigenvalue weighted by atomic mass is 10.1. The predicted octanol–water partition coefficient (Wildman–Crippen LogP) is 6.31. The van der Waals surface area contributed by atoms with Crippen LogP contribution >= 0.6 is 0 Å². The summed E-state index contributed by atoms with van der Waals surface area (Å²) < 4.78 is 54.1. The lowest BCUT2D eigenvalue weighted by Gasteiger charge is -2.36. The number of likely N-dealkylation sites (N-methyl/N-ethyl adjacent to an activating group) is 2. The van der Waals surface area contributed by atoms with Crippen LogP contribution in [0.2, 0.25) is 0 Å². The van der Waals surface area contributed by atoms with Crippen LogP contribution in [0, 0.1) is 0 Å². The third-order valence-electron chi connectivity index (χ3n) is 12.4. The van der Waals surface area contributed by atoms with E-state index in [1.165, 1.54) is 12.5 Å². The van der Waals surface area contributed by atoms with Crippen LogP contribution < -0.4 is 19.8 Å². The number of nitrogens with zero attached hydrogens (tertiary/aromatic N) is 12. The smallest absolute Gasteiger partial charge is 0.269 e. The number of pyridine rings is 2. The number of benzene rings is 4. The summed E-state index contributed by atoms with van der Waals surface area (Å²) in [5.74, 6) is 0.606. The topological polar surface area (TPSA) is 148 Å². The van der Waals surface area contributed by atoms with Crippen LogP contribution in [0.4, 0.5) is 34.6 Å². The average Bonchev–Trinajstić information content (AvgIpc) is 3.96. The van der Waals surface area contributed by atoms with E-state index in [9.17, 15) is 16.8 Å². The van der Waals surface area contributed by atoms with Crippen molar-refractivity contribution in [2.45, 2.75) is 9.79 Å². The molecule has 4 aromatic carbocycles. The van der Waals surface area contributed by atoms with Crippen molar-refractivity contribution in [3.8, 4) is 22.3 Å². The van der Waals surface area contributed by atoms with Gasteiger partial charge in [-0.25, -0.2) is 35.9 Å². The Kier molecular flexibility index (Phi) is 11.2. The fourth-order valence-electron chi connectivity index (χ4n) is 8.59. The second-order valence-corrected chi connectivity index (χ2v) is 21.1. The summed E-state index contributed by atoms with van der Waals surface area (Å²) >= 11 is 0. The highest BCUT2D eigenvalue weighted by molar-refractivity contribution is 7.91. The zero-order valence-electron chi connectivity index (χ0n) is 37.2. The van der Waals surface area contributed by atoms with E-state index in [-0.39, 0.29) is 9.79 Å². The van der Waals surface area contributed by atoms with Gasteiger partial charge in [-0.2, -0.15) is 9.97 Å². The van der Waals surface area contributed by atoms with Crippen LogP contribution in [0.3, 0.4) is 0 Å². The summed E-state index contributed by atoms with van der Waals surface area (Å²) in [6, 6.07) is 37.9. The van der Waals surface area contributed by atoms with Crippen molar-refractivity contribution in [3.05, 3.63) is 134 Å². The molecule has 0 spiro atoms. The lowest BCUT2D eigenvalue weighted by molar-refractivity contribution is 0.313. The summed E-state index contributed by atoms with van der Waals surface area (Å²) in [7, 11) is -2.68. The number of hydrazine groups is 1. The lowest BCUT2D eigenvalue weighted by Crippen LogP contribution is -2.44. The van der Waals surface area contributed by atoms with Gasteiger partial charge >= 0.3 is 0 Å². The molecule has 10 rings (SSSR count). The molecule has 2 saturated heterocycles. The predicted molar refractivity (Wildman–Crippen MR) is 260 cm³/mol. The first kappa shape index (κ1) is 43.1. The summed E-state index contributed by atoms with van der Waals surface area (Å²) in [6.45, 7) is 7.48. The van der Waals surface area contributed by atoms with Crippen LogP contribution in [-0.4, -0.2) is 135 Å². The molecule has 8 aromatic rings. The second kappa shape index (κ2) is 17.2. The van der Waals surface area contributed by atoms with E-state index in [2.05, 4.69) is 82.2 Å². The van der Waals surface area contributed by atoms with Gasteiger partial charge in [0.2, 0.25) is 0 Å². The number of fused-ring (bicyclic) bond motifs is 2. The molecule has 0 atom stereocenters. The van der Waals surface area contributed by atoms with Gasteiger partial charge in [-0.1, -0.05) is 24.3 Å². The average molecular weight is 923 g/mol. The highest BCUT2D eigenvalue weighted by atomic mass is 32.2. The van der Waals surface area contributed by atoms with Crippen molar-refractivity contribution in [1.82, 2.24) is 39.0 Å². The highest BCUT2D eigenvalue weighted by Crippen LogP contribution is 2.38. The molecular weight excluding hydrogens is 873 g/mol. The third-order valence-corrected chi connectivity index (χ3v) is 14.6. The molecule has 0 unspecified atom stereocenters. The number of aromatic nitrogens is 6. The summed E-state index contributed by atoms with van der Waals surface area (Å²) in [6.07, 6.45) is 6.04. The van der Waals surface area contributed by atoms with Gasteiger partial charge < -0.3 is 19.6 Å².